The van der Waals surface area contributed by atoms with Crippen molar-refractivity contribution in [2.45, 2.75) is 13.0 Å². The maximum atomic E-state index is 12.6. The van der Waals surface area contributed by atoms with Gasteiger partial charge < -0.3 is 20.4 Å². The first-order chi connectivity index (χ1) is 9.99. The van der Waals surface area contributed by atoms with Crippen LogP contribution in [-0.2, 0) is 0 Å². The summed E-state index contributed by atoms with van der Waals surface area (Å²) in [5.41, 5.74) is 1.22. The number of carbonyl (C=O) groups excluding carboxylic acids is 2. The fourth-order valence-corrected chi connectivity index (χ4v) is 2.27. The minimum atomic E-state index is -0.213. The highest BCUT2D eigenvalue weighted by Gasteiger charge is 2.24. The number of hydrogen-bond acceptors (Lipinski definition) is 3. The zero-order valence-electron chi connectivity index (χ0n) is 13.1. The maximum Gasteiger partial charge on any atom is 0.321 e. The normalized spacial score (nSPS) is 17.4. The van der Waals surface area contributed by atoms with Crippen LogP contribution in [0.2, 0.25) is 0 Å². The number of piperazine rings is 1. The smallest absolute Gasteiger partial charge is 0.321 e. The van der Waals surface area contributed by atoms with Gasteiger partial charge >= 0.3 is 6.03 Å². The molecule has 0 bridgehead atoms. The van der Waals surface area contributed by atoms with E-state index in [1.807, 2.05) is 11.8 Å². The molecule has 0 spiro atoms. The molecule has 1 saturated heterocycles. The Morgan fingerprint density at radius 2 is 2.09 bits per heavy atom. The van der Waals surface area contributed by atoms with Crippen LogP contribution in [0.15, 0.2) is 24.3 Å². The van der Waals surface area contributed by atoms with Gasteiger partial charge in [0.25, 0.3) is 5.91 Å². The quantitative estimate of drug-likeness (QED) is 0.868. The lowest BCUT2D eigenvalue weighted by Gasteiger charge is -2.34. The number of benzene rings is 1. The van der Waals surface area contributed by atoms with Gasteiger partial charge in [-0.3, -0.25) is 4.79 Å². The van der Waals surface area contributed by atoms with Crippen molar-refractivity contribution in [3.63, 3.8) is 0 Å². The number of nitrogens with one attached hydrogen (secondary N) is 2. The molecule has 1 fully saturated rings. The molecule has 7 heteroatoms. The molecule has 0 aliphatic carbocycles. The van der Waals surface area contributed by atoms with Crippen LogP contribution < -0.4 is 10.6 Å². The van der Waals surface area contributed by atoms with E-state index in [0.717, 1.165) is 13.1 Å². The van der Waals surface area contributed by atoms with Crippen molar-refractivity contribution in [2.24, 2.45) is 0 Å². The van der Waals surface area contributed by atoms with E-state index < -0.39 is 0 Å². The van der Waals surface area contributed by atoms with E-state index in [9.17, 15) is 9.59 Å². The van der Waals surface area contributed by atoms with Gasteiger partial charge in [-0.05, 0) is 25.1 Å². The van der Waals surface area contributed by atoms with Gasteiger partial charge in [0.05, 0.1) is 0 Å². The summed E-state index contributed by atoms with van der Waals surface area (Å²) in [5, 5.41) is 6.02. The Labute approximate surface area is 137 Å². The molecule has 1 aliphatic rings. The maximum absolute atomic E-state index is 12.6. The molecule has 3 amide bonds. The Morgan fingerprint density at radius 1 is 1.36 bits per heavy atom. The summed E-state index contributed by atoms with van der Waals surface area (Å²) < 4.78 is 0. The van der Waals surface area contributed by atoms with Crippen LogP contribution in [-0.4, -0.2) is 61.5 Å². The van der Waals surface area contributed by atoms with Gasteiger partial charge in [-0.1, -0.05) is 6.07 Å². The van der Waals surface area contributed by atoms with Crippen molar-refractivity contribution in [2.75, 3.05) is 39.0 Å². The predicted octanol–water partition coefficient (Wildman–Crippen LogP) is 1.64. The Bertz CT molecular complexity index is 536. The molecule has 0 unspecified atom stereocenters. The lowest BCUT2D eigenvalue weighted by Crippen LogP contribution is -2.52. The SMILES string of the molecule is C[C@@H]1CNCCN1C(=O)c1cccc(NC(=O)N(C)C)c1.Cl. The minimum Gasteiger partial charge on any atom is -0.333 e. The van der Waals surface area contributed by atoms with E-state index in [4.69, 9.17) is 0 Å². The molecule has 2 N–H and O–H groups in total. The molecule has 6 nitrogen and oxygen atoms in total. The van der Waals surface area contributed by atoms with Crippen LogP contribution in [0.3, 0.4) is 0 Å². The van der Waals surface area contributed by atoms with Crippen LogP contribution in [0.1, 0.15) is 17.3 Å². The Morgan fingerprint density at radius 3 is 2.73 bits per heavy atom. The standard InChI is InChI=1S/C15H22N4O2.ClH/c1-11-10-16-7-8-19(11)14(20)12-5-4-6-13(9-12)17-15(21)18(2)3;/h4-6,9,11,16H,7-8,10H2,1-3H3,(H,17,21);1H/t11-;/m1./s1. The number of hydrogen-bond donors (Lipinski definition) is 2. The second-order valence-electron chi connectivity index (χ2n) is 5.46. The van der Waals surface area contributed by atoms with Crippen LogP contribution in [0.4, 0.5) is 10.5 Å². The van der Waals surface area contributed by atoms with Crippen molar-refractivity contribution >= 4 is 30.0 Å². The van der Waals surface area contributed by atoms with E-state index in [1.54, 1.807) is 38.4 Å². The summed E-state index contributed by atoms with van der Waals surface area (Å²) in [6.45, 7) is 4.35. The molecule has 1 aromatic carbocycles. The summed E-state index contributed by atoms with van der Waals surface area (Å²) in [6.07, 6.45) is 0. The number of halogens is 1. The molecule has 1 atom stereocenters. The van der Waals surface area contributed by atoms with Crippen molar-refractivity contribution < 1.29 is 9.59 Å². The van der Waals surface area contributed by atoms with Gasteiger partial charge in [-0.2, -0.15) is 0 Å². The Kier molecular flexibility index (Phi) is 6.64. The number of rotatable bonds is 2. The summed E-state index contributed by atoms with van der Waals surface area (Å²) in [4.78, 5) is 27.5. The highest BCUT2D eigenvalue weighted by molar-refractivity contribution is 5.97. The highest BCUT2D eigenvalue weighted by Crippen LogP contribution is 2.15. The number of nitrogens with zero attached hydrogens (tertiary/aromatic N) is 2. The zero-order chi connectivity index (χ0) is 15.4. The molecule has 1 aliphatic heterocycles. The van der Waals surface area contributed by atoms with Crippen molar-refractivity contribution in [1.29, 1.82) is 0 Å². The fourth-order valence-electron chi connectivity index (χ4n) is 2.27. The van der Waals surface area contributed by atoms with E-state index >= 15 is 0 Å². The molecule has 0 aromatic heterocycles. The largest absolute Gasteiger partial charge is 0.333 e. The molecular weight excluding hydrogens is 304 g/mol. The lowest BCUT2D eigenvalue weighted by molar-refractivity contribution is 0.0656. The third-order valence-corrected chi connectivity index (χ3v) is 3.53. The predicted molar refractivity (Wildman–Crippen MR) is 89.8 cm³/mol. The molecule has 22 heavy (non-hydrogen) atoms. The van der Waals surface area contributed by atoms with Gasteiger partial charge in [-0.15, -0.1) is 12.4 Å². The van der Waals surface area contributed by atoms with Crippen LogP contribution in [0, 0.1) is 0 Å². The van der Waals surface area contributed by atoms with Crippen LogP contribution in [0.5, 0.6) is 0 Å². The number of anilines is 1. The minimum absolute atomic E-state index is 0. The first kappa shape index (κ1) is 18.3. The molecule has 0 radical (unpaired) electrons. The van der Waals surface area contributed by atoms with E-state index in [2.05, 4.69) is 10.6 Å². The molecule has 0 saturated carbocycles. The van der Waals surface area contributed by atoms with Gasteiger partial charge in [0.15, 0.2) is 0 Å². The average molecular weight is 327 g/mol. The van der Waals surface area contributed by atoms with Gasteiger partial charge in [0.2, 0.25) is 0 Å². The topological polar surface area (TPSA) is 64.7 Å². The number of carbonyl (C=O) groups is 2. The molecule has 122 valence electrons. The van der Waals surface area contributed by atoms with E-state index in [0.29, 0.717) is 17.8 Å². The third kappa shape index (κ3) is 4.35. The second kappa shape index (κ2) is 8.00. The summed E-state index contributed by atoms with van der Waals surface area (Å²) >= 11 is 0. The zero-order valence-corrected chi connectivity index (χ0v) is 13.9. The lowest BCUT2D eigenvalue weighted by atomic mass is 10.1. The first-order valence-electron chi connectivity index (χ1n) is 7.09. The third-order valence-electron chi connectivity index (χ3n) is 3.53. The Hall–Kier alpha value is -1.79. The molecule has 2 rings (SSSR count). The average Bonchev–Trinajstić information content (AvgIpc) is 2.47. The van der Waals surface area contributed by atoms with E-state index in [1.165, 1.54) is 4.90 Å². The second-order valence-corrected chi connectivity index (χ2v) is 5.46. The monoisotopic (exact) mass is 326 g/mol. The van der Waals surface area contributed by atoms with Crippen molar-refractivity contribution in [3.05, 3.63) is 29.8 Å². The van der Waals surface area contributed by atoms with Gasteiger partial charge in [-0.25, -0.2) is 4.79 Å². The van der Waals surface area contributed by atoms with Gasteiger partial charge in [0, 0.05) is 51.0 Å². The molecule has 1 aromatic rings. The van der Waals surface area contributed by atoms with Crippen molar-refractivity contribution in [1.82, 2.24) is 15.1 Å². The van der Waals surface area contributed by atoms with Crippen molar-refractivity contribution in [3.8, 4) is 0 Å². The first-order valence-corrected chi connectivity index (χ1v) is 7.09. The Balaban J connectivity index is 0.00000242. The highest BCUT2D eigenvalue weighted by atomic mass is 35.5. The molecule has 1 heterocycles. The number of urea groups is 1. The fraction of sp³-hybridized carbons (Fsp3) is 0.467. The summed E-state index contributed by atoms with van der Waals surface area (Å²) in [7, 11) is 3.35. The summed E-state index contributed by atoms with van der Waals surface area (Å²) in [5.74, 6) is 0.00459. The van der Waals surface area contributed by atoms with Crippen LogP contribution in [0.25, 0.3) is 0 Å². The van der Waals surface area contributed by atoms with E-state index in [-0.39, 0.29) is 30.4 Å². The summed E-state index contributed by atoms with van der Waals surface area (Å²) in [6, 6.07) is 7.02. The number of amides is 3. The molecular formula is C15H23ClN4O2. The van der Waals surface area contributed by atoms with Gasteiger partial charge in [0.1, 0.15) is 0 Å². The van der Waals surface area contributed by atoms with Crippen LogP contribution >= 0.6 is 12.4 Å².